The molecule has 2 nitrogen and oxygen atoms in total. The third kappa shape index (κ3) is 9.86. The van der Waals surface area contributed by atoms with Crippen LogP contribution in [0.3, 0.4) is 0 Å². The van der Waals surface area contributed by atoms with Gasteiger partial charge in [0.05, 0.1) is 6.61 Å². The number of unbranched alkanes of at least 4 members (excludes halogenated alkanes) is 4. The number of rotatable bonds is 9. The van der Waals surface area contributed by atoms with Gasteiger partial charge in [0.25, 0.3) is 0 Å². The summed E-state index contributed by atoms with van der Waals surface area (Å²) in [7, 11) is 0. The van der Waals surface area contributed by atoms with Gasteiger partial charge in [-0.2, -0.15) is 0 Å². The molecule has 0 radical (unpaired) electrons. The molecule has 0 N–H and O–H groups in total. The highest BCUT2D eigenvalue weighted by Gasteiger charge is 2.02. The van der Waals surface area contributed by atoms with Gasteiger partial charge >= 0.3 is 5.97 Å². The van der Waals surface area contributed by atoms with Crippen molar-refractivity contribution in [2.24, 2.45) is 0 Å². The Morgan fingerprint density at radius 1 is 1.12 bits per heavy atom. The van der Waals surface area contributed by atoms with E-state index in [1.807, 2.05) is 6.92 Å². The van der Waals surface area contributed by atoms with E-state index in [4.69, 9.17) is 4.74 Å². The Labute approximate surface area is 106 Å². The van der Waals surface area contributed by atoms with Crippen molar-refractivity contribution in [3.05, 3.63) is 23.8 Å². The SMILES string of the molecule is C/C=C(\C)C(=O)OCC/C=C/CCCCCC. The molecule has 0 rings (SSSR count). The van der Waals surface area contributed by atoms with Crippen molar-refractivity contribution >= 4 is 5.97 Å². The maximum atomic E-state index is 11.3. The number of carbonyl (C=O) groups is 1. The summed E-state index contributed by atoms with van der Waals surface area (Å²) >= 11 is 0. The standard InChI is InChI=1S/C15H26O2/c1-4-6-7-8-9-10-11-12-13-17-15(16)14(3)5-2/h5,10-11H,4,6-9,12-13H2,1-3H3/b11-10+,14-5+. The second-order valence-corrected chi connectivity index (χ2v) is 4.22. The number of esters is 1. The lowest BCUT2D eigenvalue weighted by Gasteiger charge is -2.01. The summed E-state index contributed by atoms with van der Waals surface area (Å²) in [4.78, 5) is 11.3. The fraction of sp³-hybridized carbons (Fsp3) is 0.667. The lowest BCUT2D eigenvalue weighted by Crippen LogP contribution is -2.06. The molecule has 0 saturated heterocycles. The molecule has 0 aliphatic heterocycles. The Bertz CT molecular complexity index is 252. The summed E-state index contributed by atoms with van der Waals surface area (Å²) in [6.45, 7) is 6.31. The maximum Gasteiger partial charge on any atom is 0.333 e. The molecule has 0 fully saturated rings. The van der Waals surface area contributed by atoms with Crippen LogP contribution in [-0.4, -0.2) is 12.6 Å². The smallest absolute Gasteiger partial charge is 0.333 e. The number of hydrogen-bond donors (Lipinski definition) is 0. The van der Waals surface area contributed by atoms with Gasteiger partial charge in [0.2, 0.25) is 0 Å². The predicted octanol–water partition coefficient (Wildman–Crippen LogP) is 4.41. The van der Waals surface area contributed by atoms with Crippen LogP contribution in [0.2, 0.25) is 0 Å². The van der Waals surface area contributed by atoms with Gasteiger partial charge in [-0.1, -0.05) is 44.4 Å². The van der Waals surface area contributed by atoms with Gasteiger partial charge in [-0.15, -0.1) is 0 Å². The molecule has 0 aromatic rings. The molecule has 2 heteroatoms. The predicted molar refractivity (Wildman–Crippen MR) is 72.9 cm³/mol. The highest BCUT2D eigenvalue weighted by Crippen LogP contribution is 2.03. The Balaban J connectivity index is 3.39. The van der Waals surface area contributed by atoms with E-state index >= 15 is 0 Å². The summed E-state index contributed by atoms with van der Waals surface area (Å²) < 4.78 is 5.08. The minimum atomic E-state index is -0.205. The molecular weight excluding hydrogens is 212 g/mol. The molecule has 0 atom stereocenters. The number of carbonyl (C=O) groups excluding carboxylic acids is 1. The van der Waals surface area contributed by atoms with Crippen molar-refractivity contribution in [1.29, 1.82) is 0 Å². The first-order chi connectivity index (χ1) is 8.22. The van der Waals surface area contributed by atoms with Gasteiger partial charge in [-0.05, 0) is 33.1 Å². The van der Waals surface area contributed by atoms with Gasteiger partial charge < -0.3 is 4.74 Å². The third-order valence-electron chi connectivity index (χ3n) is 2.66. The van der Waals surface area contributed by atoms with E-state index in [0.717, 1.165) is 12.8 Å². The first-order valence-electron chi connectivity index (χ1n) is 6.67. The lowest BCUT2D eigenvalue weighted by atomic mass is 10.1. The van der Waals surface area contributed by atoms with Crippen LogP contribution < -0.4 is 0 Å². The van der Waals surface area contributed by atoms with E-state index in [2.05, 4.69) is 19.1 Å². The fourth-order valence-corrected chi connectivity index (χ4v) is 1.38. The van der Waals surface area contributed by atoms with Crippen LogP contribution >= 0.6 is 0 Å². The molecule has 0 saturated carbocycles. The first-order valence-corrected chi connectivity index (χ1v) is 6.67. The topological polar surface area (TPSA) is 26.3 Å². The molecule has 17 heavy (non-hydrogen) atoms. The summed E-state index contributed by atoms with van der Waals surface area (Å²) in [5.74, 6) is -0.205. The van der Waals surface area contributed by atoms with Gasteiger partial charge in [0.15, 0.2) is 0 Å². The van der Waals surface area contributed by atoms with Crippen molar-refractivity contribution < 1.29 is 9.53 Å². The molecule has 0 aromatic heterocycles. The third-order valence-corrected chi connectivity index (χ3v) is 2.66. The normalized spacial score (nSPS) is 12.1. The quantitative estimate of drug-likeness (QED) is 0.257. The van der Waals surface area contributed by atoms with Crippen LogP contribution in [0.25, 0.3) is 0 Å². The van der Waals surface area contributed by atoms with Crippen LogP contribution in [0.4, 0.5) is 0 Å². The maximum absolute atomic E-state index is 11.3. The molecule has 0 heterocycles. The Hall–Kier alpha value is -1.05. The molecule has 0 aliphatic carbocycles. The van der Waals surface area contributed by atoms with E-state index in [1.165, 1.54) is 25.7 Å². The molecule has 0 amide bonds. The average Bonchev–Trinajstić information content (AvgIpc) is 2.35. The summed E-state index contributed by atoms with van der Waals surface area (Å²) in [6.07, 6.45) is 13.2. The molecular formula is C15H26O2. The molecule has 0 aliphatic rings. The highest BCUT2D eigenvalue weighted by molar-refractivity contribution is 5.87. The first kappa shape index (κ1) is 16.0. The number of ether oxygens (including phenoxy) is 1. The molecule has 0 unspecified atom stereocenters. The van der Waals surface area contributed by atoms with Crippen molar-refractivity contribution in [2.45, 2.75) is 59.3 Å². The lowest BCUT2D eigenvalue weighted by molar-refractivity contribution is -0.138. The van der Waals surface area contributed by atoms with Crippen LogP contribution in [0.1, 0.15) is 59.3 Å². The van der Waals surface area contributed by atoms with Gasteiger partial charge in [0.1, 0.15) is 0 Å². The number of allylic oxidation sites excluding steroid dienone is 2. The largest absolute Gasteiger partial charge is 0.462 e. The van der Waals surface area contributed by atoms with E-state index in [0.29, 0.717) is 12.2 Å². The zero-order valence-electron chi connectivity index (χ0n) is 11.5. The van der Waals surface area contributed by atoms with Crippen LogP contribution in [-0.2, 0) is 9.53 Å². The second kappa shape index (κ2) is 11.4. The Morgan fingerprint density at radius 2 is 1.82 bits per heavy atom. The molecule has 0 aromatic carbocycles. The van der Waals surface area contributed by atoms with Crippen molar-refractivity contribution in [2.75, 3.05) is 6.61 Å². The summed E-state index contributed by atoms with van der Waals surface area (Å²) in [5, 5.41) is 0. The van der Waals surface area contributed by atoms with Crippen LogP contribution in [0.5, 0.6) is 0 Å². The highest BCUT2D eigenvalue weighted by atomic mass is 16.5. The minimum Gasteiger partial charge on any atom is -0.462 e. The van der Waals surface area contributed by atoms with Crippen LogP contribution in [0, 0.1) is 0 Å². The van der Waals surface area contributed by atoms with Crippen molar-refractivity contribution in [3.8, 4) is 0 Å². The van der Waals surface area contributed by atoms with E-state index in [-0.39, 0.29) is 5.97 Å². The molecule has 0 bridgehead atoms. The van der Waals surface area contributed by atoms with Crippen LogP contribution in [0.15, 0.2) is 23.8 Å². The molecule has 98 valence electrons. The minimum absolute atomic E-state index is 0.205. The monoisotopic (exact) mass is 238 g/mol. The van der Waals surface area contributed by atoms with E-state index in [9.17, 15) is 4.79 Å². The van der Waals surface area contributed by atoms with Crippen molar-refractivity contribution in [1.82, 2.24) is 0 Å². The number of hydrogen-bond acceptors (Lipinski definition) is 2. The second-order valence-electron chi connectivity index (χ2n) is 4.22. The average molecular weight is 238 g/mol. The van der Waals surface area contributed by atoms with Gasteiger partial charge in [-0.25, -0.2) is 4.79 Å². The van der Waals surface area contributed by atoms with Gasteiger partial charge in [0, 0.05) is 5.57 Å². The summed E-state index contributed by atoms with van der Waals surface area (Å²) in [5.41, 5.74) is 0.675. The van der Waals surface area contributed by atoms with Gasteiger partial charge in [-0.3, -0.25) is 0 Å². The summed E-state index contributed by atoms with van der Waals surface area (Å²) in [6, 6.07) is 0. The zero-order valence-corrected chi connectivity index (χ0v) is 11.5. The Kier molecular flexibility index (Phi) is 10.7. The zero-order chi connectivity index (χ0) is 12.9. The molecule has 0 spiro atoms. The Morgan fingerprint density at radius 3 is 2.47 bits per heavy atom. The van der Waals surface area contributed by atoms with E-state index in [1.54, 1.807) is 13.0 Å². The van der Waals surface area contributed by atoms with Crippen molar-refractivity contribution in [3.63, 3.8) is 0 Å². The fourth-order valence-electron chi connectivity index (χ4n) is 1.38. The van der Waals surface area contributed by atoms with E-state index < -0.39 is 0 Å².